The van der Waals surface area contributed by atoms with Gasteiger partial charge in [-0.15, -0.1) is 0 Å². The van der Waals surface area contributed by atoms with Gasteiger partial charge in [0, 0.05) is 15.1 Å². The smallest absolute Gasteiger partial charge is 0.343 e. The zero-order valence-corrected chi connectivity index (χ0v) is 18.5. The first-order valence-corrected chi connectivity index (χ1v) is 10.4. The number of ether oxygens (including phenoxy) is 2. The van der Waals surface area contributed by atoms with Crippen LogP contribution in [0, 0.1) is 0 Å². The molecule has 0 atom stereocenters. The molecule has 0 spiro atoms. The fourth-order valence-corrected chi connectivity index (χ4v) is 3.77. The molecule has 0 radical (unpaired) electrons. The van der Waals surface area contributed by atoms with Gasteiger partial charge in [-0.2, -0.15) is 0 Å². The van der Waals surface area contributed by atoms with E-state index in [2.05, 4.69) is 20.7 Å². The Kier molecular flexibility index (Phi) is 6.96. The Hall–Kier alpha value is -2.62. The van der Waals surface area contributed by atoms with Gasteiger partial charge >= 0.3 is 11.9 Å². The van der Waals surface area contributed by atoms with Crippen molar-refractivity contribution in [1.29, 1.82) is 0 Å². The summed E-state index contributed by atoms with van der Waals surface area (Å²) in [5, 5.41) is -0.107. The molecule has 1 aliphatic rings. The van der Waals surface area contributed by atoms with Gasteiger partial charge in [-0.05, 0) is 60.3 Å². The number of carbonyl (C=O) groups is 4. The monoisotopic (exact) mass is 509 g/mol. The molecule has 1 heterocycles. The number of nitrogens with zero attached hydrogens (tertiary/aromatic N) is 1. The molecule has 0 unspecified atom stereocenters. The molecule has 0 saturated carbocycles. The van der Waals surface area contributed by atoms with Crippen molar-refractivity contribution in [3.63, 3.8) is 0 Å². The molecule has 0 aromatic heterocycles. The van der Waals surface area contributed by atoms with Gasteiger partial charge in [0.2, 0.25) is 0 Å². The summed E-state index contributed by atoms with van der Waals surface area (Å²) >= 11 is 9.84. The van der Waals surface area contributed by atoms with Gasteiger partial charge in [0.15, 0.2) is 0 Å². The first-order valence-electron chi connectivity index (χ1n) is 8.38. The number of esters is 2. The average molecular weight is 511 g/mol. The van der Waals surface area contributed by atoms with Crippen molar-refractivity contribution in [3.8, 4) is 5.75 Å². The first-order chi connectivity index (χ1) is 14.3. The molecule has 30 heavy (non-hydrogen) atoms. The van der Waals surface area contributed by atoms with E-state index < -0.39 is 29.6 Å². The van der Waals surface area contributed by atoms with E-state index in [0.29, 0.717) is 32.4 Å². The Morgan fingerprint density at radius 1 is 1.17 bits per heavy atom. The fraction of sp³-hybridized carbons (Fsp3) is 0.100. The molecule has 154 valence electrons. The Bertz CT molecular complexity index is 1070. The Labute approximate surface area is 189 Å². The molecule has 2 amide bonds. The van der Waals surface area contributed by atoms with Crippen LogP contribution < -0.4 is 4.74 Å². The van der Waals surface area contributed by atoms with Crippen LogP contribution in [-0.4, -0.2) is 41.6 Å². The summed E-state index contributed by atoms with van der Waals surface area (Å²) in [4.78, 5) is 49.4. The zero-order chi connectivity index (χ0) is 21.8. The third-order valence-corrected chi connectivity index (χ3v) is 5.58. The van der Waals surface area contributed by atoms with Gasteiger partial charge < -0.3 is 9.47 Å². The van der Waals surface area contributed by atoms with Crippen molar-refractivity contribution in [2.24, 2.45) is 0 Å². The Balaban J connectivity index is 1.87. The zero-order valence-electron chi connectivity index (χ0n) is 15.4. The summed E-state index contributed by atoms with van der Waals surface area (Å²) in [5.41, 5.74) is 0.696. The minimum absolute atomic E-state index is 0.0887. The number of benzene rings is 2. The van der Waals surface area contributed by atoms with Crippen LogP contribution >= 0.6 is 39.3 Å². The standard InChI is InChI=1S/C20H13BrClNO6S/c1-28-17(24)10-23-18(25)16(30-20(23)27)9-12-8-13(21)4-7-15(12)29-19(26)11-2-5-14(22)6-3-11/h2-9H,10H2,1H3/b16-9-. The van der Waals surface area contributed by atoms with Crippen molar-refractivity contribution in [3.05, 3.63) is 68.0 Å². The second kappa shape index (κ2) is 9.46. The minimum atomic E-state index is -0.710. The molecule has 0 bridgehead atoms. The second-order valence-corrected chi connectivity index (χ2v) is 8.27. The molecule has 0 aliphatic carbocycles. The molecule has 10 heteroatoms. The van der Waals surface area contributed by atoms with E-state index in [1.54, 1.807) is 30.3 Å². The normalized spacial score (nSPS) is 14.9. The van der Waals surface area contributed by atoms with Crippen LogP contribution in [0.1, 0.15) is 15.9 Å². The summed E-state index contributed by atoms with van der Waals surface area (Å²) in [7, 11) is 1.17. The van der Waals surface area contributed by atoms with Gasteiger partial charge in [-0.3, -0.25) is 19.3 Å². The predicted octanol–water partition coefficient (Wildman–Crippen LogP) is 4.53. The molecule has 1 aliphatic heterocycles. The number of carbonyl (C=O) groups excluding carboxylic acids is 4. The number of amides is 2. The number of halogens is 2. The van der Waals surface area contributed by atoms with Gasteiger partial charge in [0.1, 0.15) is 12.3 Å². The number of hydrogen-bond donors (Lipinski definition) is 0. The third-order valence-electron chi connectivity index (χ3n) is 3.93. The first kappa shape index (κ1) is 22.1. The van der Waals surface area contributed by atoms with Crippen LogP contribution in [-0.2, 0) is 14.3 Å². The third kappa shape index (κ3) is 5.10. The molecular formula is C20H13BrClNO6S. The van der Waals surface area contributed by atoms with Crippen LogP contribution in [0.4, 0.5) is 4.79 Å². The molecule has 1 fully saturated rings. The van der Waals surface area contributed by atoms with Crippen LogP contribution in [0.15, 0.2) is 51.8 Å². The molecule has 0 N–H and O–H groups in total. The van der Waals surface area contributed by atoms with Crippen LogP contribution in [0.25, 0.3) is 6.08 Å². The van der Waals surface area contributed by atoms with Crippen molar-refractivity contribution in [1.82, 2.24) is 4.90 Å². The Morgan fingerprint density at radius 3 is 2.53 bits per heavy atom. The lowest BCUT2D eigenvalue weighted by Crippen LogP contribution is -2.34. The maximum atomic E-state index is 12.5. The number of methoxy groups -OCH3 is 1. The number of thioether (sulfide) groups is 1. The molecule has 1 saturated heterocycles. The minimum Gasteiger partial charge on any atom is -0.468 e. The molecule has 7 nitrogen and oxygen atoms in total. The van der Waals surface area contributed by atoms with Crippen molar-refractivity contribution >= 4 is 68.5 Å². The van der Waals surface area contributed by atoms with Crippen LogP contribution in [0.2, 0.25) is 5.02 Å². The quantitative estimate of drug-likeness (QED) is 0.332. The molecular weight excluding hydrogens is 498 g/mol. The summed E-state index contributed by atoms with van der Waals surface area (Å²) in [6, 6.07) is 11.1. The topological polar surface area (TPSA) is 90.0 Å². The van der Waals surface area contributed by atoms with Crippen molar-refractivity contribution in [2.75, 3.05) is 13.7 Å². The highest BCUT2D eigenvalue weighted by molar-refractivity contribution is 9.10. The highest BCUT2D eigenvalue weighted by atomic mass is 79.9. The maximum absolute atomic E-state index is 12.5. The Morgan fingerprint density at radius 2 is 1.87 bits per heavy atom. The van der Waals surface area contributed by atoms with Crippen molar-refractivity contribution < 1.29 is 28.7 Å². The van der Waals surface area contributed by atoms with E-state index >= 15 is 0 Å². The van der Waals surface area contributed by atoms with Gasteiger partial charge in [-0.1, -0.05) is 27.5 Å². The number of imide groups is 1. The van der Waals surface area contributed by atoms with E-state index in [1.807, 2.05) is 0 Å². The predicted molar refractivity (Wildman–Crippen MR) is 115 cm³/mol. The fourth-order valence-electron chi connectivity index (χ4n) is 2.44. The number of hydrogen-bond acceptors (Lipinski definition) is 7. The van der Waals surface area contributed by atoms with Gasteiger partial charge in [0.25, 0.3) is 11.1 Å². The largest absolute Gasteiger partial charge is 0.468 e. The lowest BCUT2D eigenvalue weighted by Gasteiger charge is -2.10. The summed E-state index contributed by atoms with van der Waals surface area (Å²) in [6.07, 6.45) is 1.43. The van der Waals surface area contributed by atoms with Crippen molar-refractivity contribution in [2.45, 2.75) is 0 Å². The maximum Gasteiger partial charge on any atom is 0.343 e. The van der Waals surface area contributed by atoms with E-state index in [-0.39, 0.29) is 10.7 Å². The molecule has 2 aromatic rings. The van der Waals surface area contributed by atoms with Gasteiger partial charge in [-0.25, -0.2) is 4.79 Å². The SMILES string of the molecule is COC(=O)CN1C(=O)S/C(=C\c2cc(Br)ccc2OC(=O)c2ccc(Cl)cc2)C1=O. The lowest BCUT2D eigenvalue weighted by molar-refractivity contribution is -0.143. The van der Waals surface area contributed by atoms with E-state index in [1.165, 1.54) is 25.3 Å². The lowest BCUT2D eigenvalue weighted by atomic mass is 10.1. The highest BCUT2D eigenvalue weighted by Gasteiger charge is 2.36. The molecule has 3 rings (SSSR count). The highest BCUT2D eigenvalue weighted by Crippen LogP contribution is 2.35. The number of rotatable bonds is 5. The summed E-state index contributed by atoms with van der Waals surface area (Å²) < 4.78 is 10.6. The summed E-state index contributed by atoms with van der Waals surface area (Å²) in [6.45, 7) is -0.477. The molecule has 2 aromatic carbocycles. The van der Waals surface area contributed by atoms with E-state index in [4.69, 9.17) is 16.3 Å². The summed E-state index contributed by atoms with van der Waals surface area (Å²) in [5.74, 6) is -1.76. The van der Waals surface area contributed by atoms with E-state index in [0.717, 1.165) is 4.90 Å². The average Bonchev–Trinajstić information content (AvgIpc) is 2.97. The van der Waals surface area contributed by atoms with Crippen LogP contribution in [0.5, 0.6) is 5.75 Å². The second-order valence-electron chi connectivity index (χ2n) is 5.92. The van der Waals surface area contributed by atoms with E-state index in [9.17, 15) is 19.2 Å². The van der Waals surface area contributed by atoms with Crippen LogP contribution in [0.3, 0.4) is 0 Å². The van der Waals surface area contributed by atoms with Gasteiger partial charge in [0.05, 0.1) is 17.6 Å².